The lowest BCUT2D eigenvalue weighted by Gasteiger charge is -2.12. The first-order chi connectivity index (χ1) is 12.3. The molecule has 4 nitrogen and oxygen atoms in total. The predicted molar refractivity (Wildman–Crippen MR) is 101 cm³/mol. The molecule has 25 heavy (non-hydrogen) atoms. The van der Waals surface area contributed by atoms with Crippen LogP contribution in [0.1, 0.15) is 11.3 Å². The van der Waals surface area contributed by atoms with E-state index < -0.39 is 0 Å². The molecule has 1 N–H and O–H groups in total. The monoisotopic (exact) mass is 336 g/mol. The minimum absolute atomic E-state index is 0.570. The second-order valence-electron chi connectivity index (χ2n) is 6.52. The predicted octanol–water partition coefficient (Wildman–Crippen LogP) is 3.61. The van der Waals surface area contributed by atoms with Crippen molar-refractivity contribution in [3.8, 4) is 16.9 Å². The molecule has 0 bridgehead atoms. The smallest absolute Gasteiger partial charge is 0.119 e. The number of hydrogen-bond acceptors (Lipinski definition) is 3. The van der Waals surface area contributed by atoms with Crippen molar-refractivity contribution in [2.24, 2.45) is 0 Å². The summed E-state index contributed by atoms with van der Waals surface area (Å²) in [6, 6.07) is 15.3. The highest BCUT2D eigenvalue weighted by molar-refractivity contribution is 5.87. The Kier molecular flexibility index (Phi) is 4.47. The Morgan fingerprint density at radius 1 is 1.04 bits per heavy atom. The van der Waals surface area contributed by atoms with Crippen LogP contribution in [0.25, 0.3) is 22.0 Å². The van der Waals surface area contributed by atoms with E-state index in [1.807, 2.05) is 6.07 Å². The van der Waals surface area contributed by atoms with Crippen molar-refractivity contribution in [1.29, 1.82) is 0 Å². The molecule has 0 unspecified atom stereocenters. The van der Waals surface area contributed by atoms with Gasteiger partial charge in [-0.05, 0) is 46.3 Å². The quantitative estimate of drug-likeness (QED) is 0.790. The van der Waals surface area contributed by atoms with E-state index in [0.29, 0.717) is 6.61 Å². The molecule has 0 amide bonds. The molecular formula is C21H24N2O2. The fraction of sp³-hybridized carbons (Fsp3) is 0.333. The third-order valence-corrected chi connectivity index (χ3v) is 4.98. The first kappa shape index (κ1) is 16.2. The summed E-state index contributed by atoms with van der Waals surface area (Å²) in [6.45, 7) is 3.68. The first-order valence-corrected chi connectivity index (χ1v) is 8.79. The topological polar surface area (TPSA) is 35.4 Å². The molecule has 0 saturated heterocycles. The fourth-order valence-corrected chi connectivity index (χ4v) is 3.74. The van der Waals surface area contributed by atoms with Crippen LogP contribution >= 0.6 is 0 Å². The molecule has 130 valence electrons. The van der Waals surface area contributed by atoms with E-state index in [9.17, 15) is 0 Å². The van der Waals surface area contributed by atoms with Crippen molar-refractivity contribution in [2.75, 3.05) is 27.3 Å². The molecule has 2 heterocycles. The number of fused-ring (bicyclic) bond motifs is 3. The van der Waals surface area contributed by atoms with Gasteiger partial charge in [0.25, 0.3) is 0 Å². The van der Waals surface area contributed by atoms with Gasteiger partial charge in [0.1, 0.15) is 5.75 Å². The highest BCUT2D eigenvalue weighted by Crippen LogP contribution is 2.32. The van der Waals surface area contributed by atoms with Crippen LogP contribution in [0.15, 0.2) is 42.5 Å². The summed E-state index contributed by atoms with van der Waals surface area (Å²) in [4.78, 5) is 0. The van der Waals surface area contributed by atoms with E-state index in [2.05, 4.69) is 46.3 Å². The molecule has 1 aliphatic heterocycles. The van der Waals surface area contributed by atoms with Gasteiger partial charge in [-0.1, -0.05) is 18.2 Å². The van der Waals surface area contributed by atoms with Gasteiger partial charge in [-0.3, -0.25) is 0 Å². The molecular weight excluding hydrogens is 312 g/mol. The average molecular weight is 336 g/mol. The van der Waals surface area contributed by atoms with Gasteiger partial charge in [0.15, 0.2) is 0 Å². The van der Waals surface area contributed by atoms with Gasteiger partial charge in [0.05, 0.1) is 13.7 Å². The molecule has 0 radical (unpaired) electrons. The van der Waals surface area contributed by atoms with Crippen LogP contribution in [-0.2, 0) is 24.3 Å². The van der Waals surface area contributed by atoms with E-state index in [0.717, 1.165) is 37.4 Å². The Hall–Kier alpha value is -2.30. The van der Waals surface area contributed by atoms with E-state index in [4.69, 9.17) is 9.47 Å². The zero-order valence-electron chi connectivity index (χ0n) is 14.8. The van der Waals surface area contributed by atoms with Gasteiger partial charge >= 0.3 is 0 Å². The highest BCUT2D eigenvalue weighted by Gasteiger charge is 2.13. The second-order valence-corrected chi connectivity index (χ2v) is 6.52. The van der Waals surface area contributed by atoms with Crippen LogP contribution < -0.4 is 10.1 Å². The lowest BCUT2D eigenvalue weighted by molar-refractivity contribution is 0.185. The fourth-order valence-electron chi connectivity index (χ4n) is 3.74. The lowest BCUT2D eigenvalue weighted by Crippen LogP contribution is -2.17. The number of nitrogens with zero attached hydrogens (tertiary/aromatic N) is 1. The van der Waals surface area contributed by atoms with Crippen LogP contribution in [-0.4, -0.2) is 31.9 Å². The van der Waals surface area contributed by atoms with Gasteiger partial charge in [-0.15, -0.1) is 0 Å². The Bertz CT molecular complexity index is 898. The van der Waals surface area contributed by atoms with Crippen molar-refractivity contribution in [3.63, 3.8) is 0 Å². The Labute approximate surface area is 148 Å². The van der Waals surface area contributed by atoms with E-state index in [-0.39, 0.29) is 0 Å². The highest BCUT2D eigenvalue weighted by atomic mass is 16.5. The van der Waals surface area contributed by atoms with Gasteiger partial charge in [0.2, 0.25) is 0 Å². The van der Waals surface area contributed by atoms with Crippen molar-refractivity contribution in [3.05, 3.63) is 53.7 Å². The first-order valence-electron chi connectivity index (χ1n) is 8.79. The minimum Gasteiger partial charge on any atom is -0.497 e. The maximum atomic E-state index is 5.40. The number of methoxy groups -OCH3 is 2. The molecule has 0 fully saturated rings. The Balaban J connectivity index is 1.83. The zero-order chi connectivity index (χ0) is 17.2. The normalized spacial score (nSPS) is 14.3. The average Bonchev–Trinajstić information content (AvgIpc) is 2.82. The molecule has 0 atom stereocenters. The summed E-state index contributed by atoms with van der Waals surface area (Å²) in [7, 11) is 3.42. The summed E-state index contributed by atoms with van der Waals surface area (Å²) in [5.41, 5.74) is 6.30. The molecule has 0 spiro atoms. The van der Waals surface area contributed by atoms with Gasteiger partial charge in [-0.2, -0.15) is 0 Å². The Morgan fingerprint density at radius 3 is 2.80 bits per heavy atom. The van der Waals surface area contributed by atoms with Crippen molar-refractivity contribution in [1.82, 2.24) is 9.88 Å². The summed E-state index contributed by atoms with van der Waals surface area (Å²) < 4.78 is 13.2. The molecule has 1 aromatic heterocycles. The zero-order valence-corrected chi connectivity index (χ0v) is 14.8. The maximum absolute atomic E-state index is 5.40. The summed E-state index contributed by atoms with van der Waals surface area (Å²) in [5, 5.41) is 4.80. The van der Waals surface area contributed by atoms with E-state index >= 15 is 0 Å². The van der Waals surface area contributed by atoms with Crippen molar-refractivity contribution in [2.45, 2.75) is 19.6 Å². The third kappa shape index (κ3) is 3.03. The van der Waals surface area contributed by atoms with E-state index in [1.165, 1.54) is 27.7 Å². The molecule has 2 aromatic carbocycles. The molecule has 0 saturated carbocycles. The number of ether oxygens (including phenoxy) is 2. The SMILES string of the molecule is COCc1cc(OC)ccc1-c1ccc2cc3n(c2c1)CCNCC3. The van der Waals surface area contributed by atoms with Gasteiger partial charge < -0.3 is 19.4 Å². The number of nitrogens with one attached hydrogen (secondary N) is 1. The van der Waals surface area contributed by atoms with Gasteiger partial charge in [0, 0.05) is 44.4 Å². The Morgan fingerprint density at radius 2 is 1.96 bits per heavy atom. The molecule has 4 rings (SSSR count). The standard InChI is InChI=1S/C21H24N2O2/c1-24-14-17-12-19(25-2)5-6-20(17)15-3-4-16-11-18-7-8-22-9-10-23(18)21(16)13-15/h3-6,11-13,22H,7-10,14H2,1-2H3. The lowest BCUT2D eigenvalue weighted by atomic mass is 9.99. The van der Waals surface area contributed by atoms with Crippen LogP contribution in [0.5, 0.6) is 5.75 Å². The third-order valence-electron chi connectivity index (χ3n) is 4.98. The summed E-state index contributed by atoms with van der Waals surface area (Å²) >= 11 is 0. The number of benzene rings is 2. The molecule has 4 heteroatoms. The van der Waals surface area contributed by atoms with Gasteiger partial charge in [-0.25, -0.2) is 0 Å². The second kappa shape index (κ2) is 6.90. The van der Waals surface area contributed by atoms with Crippen molar-refractivity contribution < 1.29 is 9.47 Å². The van der Waals surface area contributed by atoms with Crippen LogP contribution in [0, 0.1) is 0 Å². The van der Waals surface area contributed by atoms with Crippen molar-refractivity contribution >= 4 is 10.9 Å². The van der Waals surface area contributed by atoms with Crippen LogP contribution in [0.3, 0.4) is 0 Å². The van der Waals surface area contributed by atoms with Crippen LogP contribution in [0.2, 0.25) is 0 Å². The maximum Gasteiger partial charge on any atom is 0.119 e. The molecule has 0 aliphatic carbocycles. The number of rotatable bonds is 4. The summed E-state index contributed by atoms with van der Waals surface area (Å²) in [6.07, 6.45) is 1.08. The number of aromatic nitrogens is 1. The number of hydrogen-bond donors (Lipinski definition) is 1. The molecule has 1 aliphatic rings. The largest absolute Gasteiger partial charge is 0.497 e. The molecule has 3 aromatic rings. The van der Waals surface area contributed by atoms with Crippen LogP contribution in [0.4, 0.5) is 0 Å². The minimum atomic E-state index is 0.570. The summed E-state index contributed by atoms with van der Waals surface area (Å²) in [5.74, 6) is 0.861. The van der Waals surface area contributed by atoms with E-state index in [1.54, 1.807) is 14.2 Å².